The molecular weight excluding hydrogens is 352 g/mol. The van der Waals surface area contributed by atoms with Crippen molar-refractivity contribution in [2.75, 3.05) is 18.9 Å². The number of hydrogen-bond donors (Lipinski definition) is 3. The van der Waals surface area contributed by atoms with Crippen LogP contribution >= 0.6 is 11.3 Å². The first kappa shape index (κ1) is 17.0. The van der Waals surface area contributed by atoms with Crippen LogP contribution in [0.3, 0.4) is 0 Å². The molecule has 2 aromatic rings. The molecule has 4 rings (SSSR count). The minimum absolute atomic E-state index is 0.373. The quantitative estimate of drug-likeness (QED) is 0.749. The Labute approximate surface area is 155 Å². The van der Waals surface area contributed by atoms with E-state index in [9.17, 15) is 9.59 Å². The Kier molecular flexibility index (Phi) is 4.20. The number of nitrogens with two attached hydrogens (primary N) is 2. The molecule has 1 atom stereocenters. The van der Waals surface area contributed by atoms with E-state index in [0.717, 1.165) is 35.5 Å². The maximum atomic E-state index is 11.9. The van der Waals surface area contributed by atoms with Gasteiger partial charge >= 0.3 is 6.03 Å². The van der Waals surface area contributed by atoms with Crippen molar-refractivity contribution in [1.29, 1.82) is 0 Å². The lowest BCUT2D eigenvalue weighted by Crippen LogP contribution is -2.30. The number of anilines is 1. The van der Waals surface area contributed by atoms with Crippen LogP contribution in [0.4, 0.5) is 9.80 Å². The molecule has 0 radical (unpaired) electrons. The zero-order valence-electron chi connectivity index (χ0n) is 14.6. The van der Waals surface area contributed by atoms with Crippen LogP contribution < -0.4 is 16.8 Å². The Balaban J connectivity index is 1.72. The predicted octanol–water partition coefficient (Wildman–Crippen LogP) is 1.39. The van der Waals surface area contributed by atoms with Crippen LogP contribution in [0.5, 0.6) is 0 Å². The van der Waals surface area contributed by atoms with E-state index in [1.165, 1.54) is 29.9 Å². The van der Waals surface area contributed by atoms with Gasteiger partial charge in [-0.25, -0.2) is 4.79 Å². The molecule has 1 unspecified atom stereocenters. The number of urea groups is 1. The first-order valence-corrected chi connectivity index (χ1v) is 9.54. The van der Waals surface area contributed by atoms with Gasteiger partial charge in [-0.1, -0.05) is 0 Å². The number of rotatable bonds is 4. The summed E-state index contributed by atoms with van der Waals surface area (Å²) < 4.78 is 2.09. The number of fused-ring (bicyclic) bond motifs is 3. The number of amides is 3. The van der Waals surface area contributed by atoms with Crippen molar-refractivity contribution in [3.63, 3.8) is 0 Å². The average molecular weight is 374 g/mol. The maximum absolute atomic E-state index is 11.9. The van der Waals surface area contributed by atoms with Crippen LogP contribution in [-0.4, -0.2) is 46.3 Å². The molecule has 0 aromatic carbocycles. The molecule has 0 bridgehead atoms. The first-order chi connectivity index (χ1) is 12.5. The molecule has 3 heterocycles. The molecule has 0 spiro atoms. The summed E-state index contributed by atoms with van der Waals surface area (Å²) in [6.07, 6.45) is 5.77. The average Bonchev–Trinajstić information content (AvgIpc) is 3.24. The fraction of sp³-hybridized carbons (Fsp3) is 0.471. The van der Waals surface area contributed by atoms with Crippen molar-refractivity contribution in [1.82, 2.24) is 14.7 Å². The largest absolute Gasteiger partial charge is 0.365 e. The van der Waals surface area contributed by atoms with Gasteiger partial charge in [0.2, 0.25) is 0 Å². The molecule has 1 aliphatic heterocycles. The molecule has 138 valence electrons. The number of nitrogens with zero attached hydrogens (tertiary/aromatic N) is 3. The minimum atomic E-state index is -0.703. The highest BCUT2D eigenvalue weighted by Crippen LogP contribution is 2.45. The van der Waals surface area contributed by atoms with Gasteiger partial charge in [-0.2, -0.15) is 5.10 Å². The molecule has 5 N–H and O–H groups in total. The van der Waals surface area contributed by atoms with E-state index in [1.54, 1.807) is 0 Å². The van der Waals surface area contributed by atoms with Crippen molar-refractivity contribution < 1.29 is 9.59 Å². The summed E-state index contributed by atoms with van der Waals surface area (Å²) in [7, 11) is 2.16. The summed E-state index contributed by atoms with van der Waals surface area (Å²) in [6, 6.07) is -0.191. The van der Waals surface area contributed by atoms with Gasteiger partial charge in [-0.3, -0.25) is 14.8 Å². The zero-order valence-corrected chi connectivity index (χ0v) is 15.4. The summed E-state index contributed by atoms with van der Waals surface area (Å²) in [5, 5.41) is 7.57. The predicted molar refractivity (Wildman–Crippen MR) is 100 cm³/mol. The number of aromatic nitrogens is 2. The second kappa shape index (κ2) is 6.40. The molecule has 9 heteroatoms. The number of hydrogen-bond acceptors (Lipinski definition) is 5. The fourth-order valence-corrected chi connectivity index (χ4v) is 5.35. The molecule has 8 nitrogen and oxygen atoms in total. The molecule has 1 saturated heterocycles. The molecule has 2 aliphatic rings. The lowest BCUT2D eigenvalue weighted by Gasteiger charge is -2.22. The number of thiophene rings is 1. The molecule has 0 saturated carbocycles. The van der Waals surface area contributed by atoms with Gasteiger partial charge in [0.15, 0.2) is 0 Å². The Morgan fingerprint density at radius 1 is 1.38 bits per heavy atom. The van der Waals surface area contributed by atoms with E-state index in [0.29, 0.717) is 23.0 Å². The van der Waals surface area contributed by atoms with Crippen molar-refractivity contribution in [3.8, 4) is 10.4 Å². The number of primary amides is 2. The number of carbonyl (C=O) groups excluding carboxylic acids is 2. The van der Waals surface area contributed by atoms with E-state index in [4.69, 9.17) is 11.5 Å². The van der Waals surface area contributed by atoms with Crippen LogP contribution in [0.25, 0.3) is 10.4 Å². The van der Waals surface area contributed by atoms with E-state index < -0.39 is 11.9 Å². The normalized spacial score (nSPS) is 19.2. The van der Waals surface area contributed by atoms with Gasteiger partial charge in [-0.15, -0.1) is 11.3 Å². The molecular formula is C17H22N6O2S. The van der Waals surface area contributed by atoms with Crippen LogP contribution in [0.1, 0.15) is 34.5 Å². The maximum Gasteiger partial charge on any atom is 0.317 e. The summed E-state index contributed by atoms with van der Waals surface area (Å²) >= 11 is 1.34. The second-order valence-electron chi connectivity index (χ2n) is 6.93. The van der Waals surface area contributed by atoms with E-state index in [-0.39, 0.29) is 0 Å². The standard InChI is InChI=1S/C17H22N6O2S/c1-22-6-2-3-9(22)8-23-12-5-4-10-13(15(18)24)16(21-17(19)25)26-14(10)11(12)7-20-23/h7,9H,2-6,8H2,1H3,(H2,18,24)(H3,19,21,25). The number of nitrogens with one attached hydrogen (secondary N) is 1. The van der Waals surface area contributed by atoms with Crippen LogP contribution in [0.15, 0.2) is 6.20 Å². The molecule has 1 aliphatic carbocycles. The number of likely N-dealkylation sites (N-methyl/N-ethyl adjacent to an activating group) is 1. The van der Waals surface area contributed by atoms with Crippen LogP contribution in [0, 0.1) is 0 Å². The van der Waals surface area contributed by atoms with E-state index >= 15 is 0 Å². The SMILES string of the molecule is CN1CCCC1Cn1ncc2c1CCc1c-2sc(NC(N)=O)c1C(N)=O. The monoisotopic (exact) mass is 374 g/mol. The number of likely N-dealkylation sites (tertiary alicyclic amines) is 1. The van der Waals surface area contributed by atoms with Gasteiger partial charge in [0.1, 0.15) is 5.00 Å². The molecule has 2 aromatic heterocycles. The Morgan fingerprint density at radius 3 is 2.85 bits per heavy atom. The van der Waals surface area contributed by atoms with Crippen molar-refractivity contribution in [2.24, 2.45) is 11.5 Å². The van der Waals surface area contributed by atoms with Gasteiger partial charge in [-0.05, 0) is 44.8 Å². The summed E-state index contributed by atoms with van der Waals surface area (Å²) in [4.78, 5) is 26.5. The second-order valence-corrected chi connectivity index (χ2v) is 7.95. The topological polar surface area (TPSA) is 119 Å². The summed E-state index contributed by atoms with van der Waals surface area (Å²) in [5.41, 5.74) is 14.3. The summed E-state index contributed by atoms with van der Waals surface area (Å²) in [5.74, 6) is -0.547. The highest BCUT2D eigenvalue weighted by Gasteiger charge is 2.31. The smallest absolute Gasteiger partial charge is 0.317 e. The number of carbonyl (C=O) groups is 2. The third-order valence-electron chi connectivity index (χ3n) is 5.35. The lowest BCUT2D eigenvalue weighted by molar-refractivity contribution is 0.100. The highest BCUT2D eigenvalue weighted by molar-refractivity contribution is 7.20. The minimum Gasteiger partial charge on any atom is -0.365 e. The van der Waals surface area contributed by atoms with Crippen molar-refractivity contribution in [2.45, 2.75) is 38.3 Å². The van der Waals surface area contributed by atoms with E-state index in [1.807, 2.05) is 6.20 Å². The van der Waals surface area contributed by atoms with Gasteiger partial charge in [0.05, 0.1) is 18.3 Å². The molecule has 1 fully saturated rings. The van der Waals surface area contributed by atoms with E-state index in [2.05, 4.69) is 27.0 Å². The van der Waals surface area contributed by atoms with Crippen molar-refractivity contribution >= 4 is 28.3 Å². The third kappa shape index (κ3) is 2.77. The molecule has 26 heavy (non-hydrogen) atoms. The summed E-state index contributed by atoms with van der Waals surface area (Å²) in [6.45, 7) is 2.01. The third-order valence-corrected chi connectivity index (χ3v) is 6.53. The lowest BCUT2D eigenvalue weighted by atomic mass is 9.93. The van der Waals surface area contributed by atoms with Gasteiger partial charge < -0.3 is 16.4 Å². The molecule has 3 amide bonds. The first-order valence-electron chi connectivity index (χ1n) is 8.73. The van der Waals surface area contributed by atoms with Crippen LogP contribution in [-0.2, 0) is 19.4 Å². The Morgan fingerprint density at radius 2 is 2.19 bits per heavy atom. The Hall–Kier alpha value is -2.39. The van der Waals surface area contributed by atoms with Gasteiger partial charge in [0.25, 0.3) is 5.91 Å². The highest BCUT2D eigenvalue weighted by atomic mass is 32.1. The van der Waals surface area contributed by atoms with Crippen LogP contribution in [0.2, 0.25) is 0 Å². The fourth-order valence-electron chi connectivity index (χ4n) is 4.06. The van der Waals surface area contributed by atoms with Gasteiger partial charge in [0, 0.05) is 22.2 Å². The Bertz CT molecular complexity index is 886. The zero-order chi connectivity index (χ0) is 18.4. The van der Waals surface area contributed by atoms with Crippen molar-refractivity contribution in [3.05, 3.63) is 23.0 Å².